The first-order chi connectivity index (χ1) is 13.9. The maximum absolute atomic E-state index is 5.41. The van der Waals surface area contributed by atoms with Gasteiger partial charge in [0.05, 0.1) is 14.2 Å². The van der Waals surface area contributed by atoms with E-state index in [1.54, 1.807) is 14.2 Å². The molecule has 1 aliphatic heterocycles. The molecule has 7 nitrogen and oxygen atoms in total. The van der Waals surface area contributed by atoms with Crippen molar-refractivity contribution in [2.24, 2.45) is 4.99 Å². The zero-order valence-corrected chi connectivity index (χ0v) is 21.9. The molecule has 30 heavy (non-hydrogen) atoms. The van der Waals surface area contributed by atoms with Crippen molar-refractivity contribution in [3.8, 4) is 11.5 Å². The Labute approximate surface area is 199 Å². The van der Waals surface area contributed by atoms with Crippen LogP contribution in [0.2, 0.25) is 0 Å². The maximum Gasteiger partial charge on any atom is 0.191 e. The summed E-state index contributed by atoms with van der Waals surface area (Å²) in [7, 11) is 5.20. The zero-order valence-electron chi connectivity index (χ0n) is 19.6. The van der Waals surface area contributed by atoms with E-state index in [0.717, 1.165) is 55.7 Å². The second-order valence-electron chi connectivity index (χ2n) is 8.07. The molecule has 8 heteroatoms. The van der Waals surface area contributed by atoms with E-state index in [0.29, 0.717) is 18.1 Å². The molecule has 1 heterocycles. The summed E-state index contributed by atoms with van der Waals surface area (Å²) in [6, 6.07) is 7.45. The molecule has 0 amide bonds. The Kier molecular flexibility index (Phi) is 11.6. The van der Waals surface area contributed by atoms with Gasteiger partial charge in [-0.3, -0.25) is 9.89 Å². The Morgan fingerprint density at radius 2 is 1.73 bits per heavy atom. The summed E-state index contributed by atoms with van der Waals surface area (Å²) in [4.78, 5) is 9.24. The van der Waals surface area contributed by atoms with Crippen LogP contribution in [0.4, 0.5) is 5.69 Å². The minimum atomic E-state index is 0. The Balaban J connectivity index is 0.00000450. The molecular weight excluding hydrogens is 493 g/mol. The van der Waals surface area contributed by atoms with Crippen LogP contribution in [0.25, 0.3) is 0 Å². The number of hydrogen-bond acceptors (Lipinski definition) is 5. The molecule has 1 saturated heterocycles. The van der Waals surface area contributed by atoms with Crippen LogP contribution in [0.5, 0.6) is 11.5 Å². The van der Waals surface area contributed by atoms with Gasteiger partial charge in [-0.15, -0.1) is 24.0 Å². The summed E-state index contributed by atoms with van der Waals surface area (Å²) in [5, 5.41) is 7.04. The zero-order chi connectivity index (χ0) is 21.4. The van der Waals surface area contributed by atoms with Crippen molar-refractivity contribution in [2.45, 2.75) is 52.2 Å². The molecule has 172 valence electrons. The quantitative estimate of drug-likeness (QED) is 0.289. The van der Waals surface area contributed by atoms with E-state index in [1.807, 2.05) is 13.1 Å². The van der Waals surface area contributed by atoms with Gasteiger partial charge in [-0.05, 0) is 34.1 Å². The number of halogens is 1. The SMILES string of the molecule is CN=C(NCCN(C(C)C)C(C)C)NC1CCN(c2cc(OC)cc(OC)c2)C1.I. The van der Waals surface area contributed by atoms with Gasteiger partial charge >= 0.3 is 0 Å². The van der Waals surface area contributed by atoms with Crippen molar-refractivity contribution in [1.82, 2.24) is 15.5 Å². The molecule has 2 N–H and O–H groups in total. The third-order valence-corrected chi connectivity index (χ3v) is 5.44. The van der Waals surface area contributed by atoms with Gasteiger partial charge in [0.2, 0.25) is 0 Å². The van der Waals surface area contributed by atoms with E-state index in [9.17, 15) is 0 Å². The van der Waals surface area contributed by atoms with Crippen LogP contribution >= 0.6 is 24.0 Å². The molecule has 0 aromatic heterocycles. The highest BCUT2D eigenvalue weighted by molar-refractivity contribution is 14.0. The number of aliphatic imine (C=N–C) groups is 1. The minimum Gasteiger partial charge on any atom is -0.497 e. The fraction of sp³-hybridized carbons (Fsp3) is 0.682. The predicted molar refractivity (Wildman–Crippen MR) is 137 cm³/mol. The fourth-order valence-electron chi connectivity index (χ4n) is 3.89. The third-order valence-electron chi connectivity index (χ3n) is 5.44. The van der Waals surface area contributed by atoms with E-state index in [2.05, 4.69) is 65.3 Å². The Morgan fingerprint density at radius 1 is 1.13 bits per heavy atom. The first kappa shape index (κ1) is 26.6. The average molecular weight is 533 g/mol. The minimum absolute atomic E-state index is 0. The van der Waals surface area contributed by atoms with Gasteiger partial charge in [-0.1, -0.05) is 0 Å². The van der Waals surface area contributed by atoms with Crippen LogP contribution in [-0.4, -0.2) is 76.4 Å². The summed E-state index contributed by atoms with van der Waals surface area (Å²) in [5.74, 6) is 2.49. The number of guanidine groups is 1. The van der Waals surface area contributed by atoms with Crippen LogP contribution in [0.3, 0.4) is 0 Å². The lowest BCUT2D eigenvalue weighted by Crippen LogP contribution is -2.48. The average Bonchev–Trinajstić information content (AvgIpc) is 3.17. The van der Waals surface area contributed by atoms with Gasteiger partial charge in [-0.2, -0.15) is 0 Å². The highest BCUT2D eigenvalue weighted by atomic mass is 127. The molecule has 1 aromatic carbocycles. The van der Waals surface area contributed by atoms with Gasteiger partial charge in [0, 0.05) is 75.2 Å². The summed E-state index contributed by atoms with van der Waals surface area (Å²) in [6.07, 6.45) is 1.06. The maximum atomic E-state index is 5.41. The summed E-state index contributed by atoms with van der Waals surface area (Å²) < 4.78 is 10.8. The Morgan fingerprint density at radius 3 is 2.23 bits per heavy atom. The second kappa shape index (κ2) is 13.1. The number of rotatable bonds is 9. The molecule has 0 aliphatic carbocycles. The number of anilines is 1. The van der Waals surface area contributed by atoms with Crippen molar-refractivity contribution in [2.75, 3.05) is 52.3 Å². The molecule has 1 fully saturated rings. The van der Waals surface area contributed by atoms with Crippen molar-refractivity contribution in [3.05, 3.63) is 18.2 Å². The van der Waals surface area contributed by atoms with Crippen LogP contribution in [0, 0.1) is 0 Å². The number of nitrogens with one attached hydrogen (secondary N) is 2. The molecule has 0 bridgehead atoms. The van der Waals surface area contributed by atoms with Gasteiger partial charge in [-0.25, -0.2) is 0 Å². The van der Waals surface area contributed by atoms with Crippen molar-refractivity contribution in [3.63, 3.8) is 0 Å². The monoisotopic (exact) mass is 533 g/mol. The highest BCUT2D eigenvalue weighted by Gasteiger charge is 2.24. The largest absolute Gasteiger partial charge is 0.497 e. The lowest BCUT2D eigenvalue weighted by atomic mass is 10.2. The topological polar surface area (TPSA) is 61.4 Å². The van der Waals surface area contributed by atoms with Crippen LogP contribution < -0.4 is 25.0 Å². The molecule has 2 rings (SSSR count). The smallest absolute Gasteiger partial charge is 0.191 e. The van der Waals surface area contributed by atoms with Crippen molar-refractivity contribution in [1.29, 1.82) is 0 Å². The number of hydrogen-bond donors (Lipinski definition) is 2. The lowest BCUT2D eigenvalue weighted by molar-refractivity contribution is 0.178. The van der Waals surface area contributed by atoms with E-state index in [-0.39, 0.29) is 24.0 Å². The van der Waals surface area contributed by atoms with E-state index < -0.39 is 0 Å². The van der Waals surface area contributed by atoms with Crippen molar-refractivity contribution >= 4 is 35.6 Å². The molecule has 1 aliphatic rings. The molecule has 1 unspecified atom stereocenters. The summed E-state index contributed by atoms with van der Waals surface area (Å²) in [5.41, 5.74) is 1.12. The number of ether oxygens (including phenoxy) is 2. The third kappa shape index (κ3) is 7.68. The molecule has 1 aromatic rings. The number of methoxy groups -OCH3 is 2. The van der Waals surface area contributed by atoms with Crippen LogP contribution in [0.1, 0.15) is 34.1 Å². The lowest BCUT2D eigenvalue weighted by Gasteiger charge is -2.30. The normalized spacial score (nSPS) is 16.8. The molecule has 0 saturated carbocycles. The second-order valence-corrected chi connectivity index (χ2v) is 8.07. The van der Waals surface area contributed by atoms with E-state index in [4.69, 9.17) is 9.47 Å². The highest BCUT2D eigenvalue weighted by Crippen LogP contribution is 2.30. The molecule has 1 atom stereocenters. The summed E-state index contributed by atoms with van der Waals surface area (Å²) >= 11 is 0. The Hall–Kier alpha value is -1.42. The van der Waals surface area contributed by atoms with Gasteiger partial charge in [0.1, 0.15) is 11.5 Å². The number of benzene rings is 1. The molecular formula is C22H40IN5O2. The van der Waals surface area contributed by atoms with Crippen LogP contribution in [-0.2, 0) is 0 Å². The van der Waals surface area contributed by atoms with E-state index in [1.165, 1.54) is 0 Å². The summed E-state index contributed by atoms with van der Waals surface area (Å²) in [6.45, 7) is 12.7. The molecule has 0 radical (unpaired) electrons. The fourth-order valence-corrected chi connectivity index (χ4v) is 3.89. The predicted octanol–water partition coefficient (Wildman–Crippen LogP) is 3.18. The Bertz CT molecular complexity index is 639. The van der Waals surface area contributed by atoms with Crippen LogP contribution in [0.15, 0.2) is 23.2 Å². The van der Waals surface area contributed by atoms with Gasteiger partial charge < -0.3 is 25.0 Å². The molecule has 0 spiro atoms. The van der Waals surface area contributed by atoms with Gasteiger partial charge in [0.15, 0.2) is 5.96 Å². The number of nitrogens with zero attached hydrogens (tertiary/aromatic N) is 3. The first-order valence-electron chi connectivity index (χ1n) is 10.6. The van der Waals surface area contributed by atoms with Crippen molar-refractivity contribution < 1.29 is 9.47 Å². The van der Waals surface area contributed by atoms with Gasteiger partial charge in [0.25, 0.3) is 0 Å². The first-order valence-corrected chi connectivity index (χ1v) is 10.6. The van der Waals surface area contributed by atoms with E-state index >= 15 is 0 Å². The standard InChI is InChI=1S/C22H39N5O2.HI/c1-16(2)27(17(3)4)11-9-24-22(23-5)25-18-8-10-26(15-18)19-12-20(28-6)14-21(13-19)29-7;/h12-14,16-18H,8-11,15H2,1-7H3,(H2,23,24,25);1H.